The number of nitrogens with zero attached hydrogens (tertiary/aromatic N) is 1. The van der Waals surface area contributed by atoms with Crippen LogP contribution < -0.4 is 15.3 Å². The average molecular weight is 932 g/mol. The molecule has 7 heteroatoms. The van der Waals surface area contributed by atoms with Gasteiger partial charge in [0.25, 0.3) is 0 Å². The predicted molar refractivity (Wildman–Crippen MR) is 227 cm³/mol. The molecule has 1 fully saturated rings. The third-order valence-corrected chi connectivity index (χ3v) is 10.2. The van der Waals surface area contributed by atoms with Gasteiger partial charge in [0.05, 0.1) is 6.61 Å². The smallest absolute Gasteiger partial charge is 0.872 e. The summed E-state index contributed by atoms with van der Waals surface area (Å²) < 4.78 is 10.4. The fourth-order valence-electron chi connectivity index (χ4n) is 6.50. The third-order valence-electron chi connectivity index (χ3n) is 10.2. The van der Waals surface area contributed by atoms with Crippen LogP contribution in [0.25, 0.3) is 0 Å². The molecule has 1 aliphatic heterocycles. The zero-order valence-electron chi connectivity index (χ0n) is 38.1. The molecule has 0 atom stereocenters. The van der Waals surface area contributed by atoms with Gasteiger partial charge in [0, 0.05) is 40.0 Å². The first-order valence-electron chi connectivity index (χ1n) is 20.5. The molecular weight excluding hydrogens is 856 g/mol. The molecule has 1 saturated heterocycles. The van der Waals surface area contributed by atoms with Crippen molar-refractivity contribution in [1.29, 1.82) is 0 Å². The van der Waals surface area contributed by atoms with E-state index in [0.29, 0.717) is 38.1 Å². The van der Waals surface area contributed by atoms with Crippen molar-refractivity contribution in [3.05, 3.63) is 87.0 Å². The summed E-state index contributed by atoms with van der Waals surface area (Å²) in [7, 11) is 1.69. The molecule has 0 unspecified atom stereocenters. The number of ether oxygens (including phenoxy) is 2. The van der Waals surface area contributed by atoms with E-state index < -0.39 is 0 Å². The van der Waals surface area contributed by atoms with Crippen LogP contribution in [0.3, 0.4) is 0 Å². The molecule has 56 heavy (non-hydrogen) atoms. The van der Waals surface area contributed by atoms with Crippen LogP contribution in [0.2, 0.25) is 0 Å². The fraction of sp³-hybridized carbons (Fsp3) is 0.633. The van der Waals surface area contributed by atoms with Crippen molar-refractivity contribution < 1.29 is 71.7 Å². The maximum atomic E-state index is 13.7. The van der Waals surface area contributed by atoms with Gasteiger partial charge < -0.3 is 24.8 Å². The molecule has 0 aromatic heterocycles. The molecule has 0 aliphatic carbocycles. The first kappa shape index (κ1) is 52.5. The van der Waals surface area contributed by atoms with Gasteiger partial charge in [0.15, 0.2) is 0 Å². The number of rotatable bonds is 9. The molecule has 0 spiro atoms. The Balaban J connectivity index is 0.000000672. The standard InChI is InChI=1S/C33H53NO3.C12H18O.C4H8O.Yb/c1-30(2,3)24-16-22(28(35)26(18-24)32(7,8)9)20-34(14-15-37-13)21-23-17-25(31(4,5)6)19-27(29(23)36)33(10,11)12;1-8(2)10-6-5-7-11(9(3)4)12(10)13;1-2-4-5-3-1;/h16-19,35-36H,14-15,20-21H2,1-13H3;5-9,13H,1-4H3;1-4H2;/q;;;+3/p-3. The molecule has 6 nitrogen and oxygen atoms in total. The Bertz CT molecular complexity index is 1530. The second-order valence-electron chi connectivity index (χ2n) is 20.1. The van der Waals surface area contributed by atoms with Gasteiger partial charge in [-0.15, -0.1) is 17.2 Å². The van der Waals surface area contributed by atoms with E-state index in [1.165, 1.54) is 12.8 Å². The van der Waals surface area contributed by atoms with E-state index in [1.807, 2.05) is 18.2 Å². The first-order valence-corrected chi connectivity index (χ1v) is 20.5. The monoisotopic (exact) mass is 933 g/mol. The summed E-state index contributed by atoms with van der Waals surface area (Å²) in [4.78, 5) is 2.19. The van der Waals surface area contributed by atoms with Gasteiger partial charge in [-0.2, -0.15) is 0 Å². The Labute approximate surface area is 381 Å². The second-order valence-corrected chi connectivity index (χ2v) is 20.1. The minimum Gasteiger partial charge on any atom is -0.872 e. The molecule has 0 bridgehead atoms. The van der Waals surface area contributed by atoms with E-state index in [4.69, 9.17) is 9.47 Å². The van der Waals surface area contributed by atoms with Crippen molar-refractivity contribution in [2.75, 3.05) is 33.5 Å². The quantitative estimate of drug-likeness (QED) is 0.212. The summed E-state index contributed by atoms with van der Waals surface area (Å²) in [5.74, 6) is 1.08. The summed E-state index contributed by atoms with van der Waals surface area (Å²) in [5, 5.41) is 39.2. The van der Waals surface area contributed by atoms with E-state index in [2.05, 4.69) is 140 Å². The largest absolute Gasteiger partial charge is 3.00 e. The van der Waals surface area contributed by atoms with Crippen molar-refractivity contribution in [2.45, 2.75) is 170 Å². The van der Waals surface area contributed by atoms with Crippen LogP contribution in [0.4, 0.5) is 0 Å². The van der Waals surface area contributed by atoms with Crippen molar-refractivity contribution in [3.8, 4) is 17.2 Å². The Morgan fingerprint density at radius 1 is 0.607 bits per heavy atom. The van der Waals surface area contributed by atoms with Crippen LogP contribution in [-0.4, -0.2) is 38.4 Å². The van der Waals surface area contributed by atoms with Gasteiger partial charge in [-0.1, -0.05) is 164 Å². The number of hydrogen-bond donors (Lipinski definition) is 0. The molecule has 3 aromatic rings. The number of benzene rings is 3. The minimum absolute atomic E-state index is 0. The van der Waals surface area contributed by atoms with Crippen molar-refractivity contribution in [1.82, 2.24) is 4.90 Å². The average Bonchev–Trinajstić information content (AvgIpc) is 3.64. The minimum atomic E-state index is -0.255. The van der Waals surface area contributed by atoms with E-state index in [9.17, 15) is 15.3 Å². The molecule has 0 N–H and O–H groups in total. The fourth-order valence-corrected chi connectivity index (χ4v) is 6.50. The zero-order chi connectivity index (χ0) is 42.1. The Kier molecular flexibility index (Phi) is 20.8. The normalized spacial score (nSPS) is 13.6. The Morgan fingerprint density at radius 2 is 0.982 bits per heavy atom. The van der Waals surface area contributed by atoms with Crippen molar-refractivity contribution >= 4 is 0 Å². The third kappa shape index (κ3) is 15.9. The maximum Gasteiger partial charge on any atom is 3.00 e. The summed E-state index contributed by atoms with van der Waals surface area (Å²) in [6, 6.07) is 14.2. The predicted octanol–water partition coefficient (Wildman–Crippen LogP) is 10.5. The summed E-state index contributed by atoms with van der Waals surface area (Å²) >= 11 is 0. The number of methoxy groups -OCH3 is 1. The second kappa shape index (κ2) is 22.2. The van der Waals surface area contributed by atoms with E-state index in [0.717, 1.165) is 57.7 Å². The van der Waals surface area contributed by atoms with Gasteiger partial charge in [-0.25, -0.2) is 0 Å². The van der Waals surface area contributed by atoms with Gasteiger partial charge in [-0.3, -0.25) is 4.90 Å². The number of hydrogen-bond acceptors (Lipinski definition) is 6. The van der Waals surface area contributed by atoms with Crippen molar-refractivity contribution in [2.24, 2.45) is 0 Å². The van der Waals surface area contributed by atoms with Crippen LogP contribution in [0.5, 0.6) is 17.2 Å². The van der Waals surface area contributed by atoms with E-state index >= 15 is 0 Å². The van der Waals surface area contributed by atoms with E-state index in [1.54, 1.807) is 7.11 Å². The van der Waals surface area contributed by atoms with Gasteiger partial charge in [0.1, 0.15) is 0 Å². The van der Waals surface area contributed by atoms with Crippen LogP contribution in [-0.2, 0) is 44.2 Å². The van der Waals surface area contributed by atoms with E-state index in [-0.39, 0.29) is 85.8 Å². The van der Waals surface area contributed by atoms with Gasteiger partial charge in [-0.05, 0) is 79.7 Å². The topological polar surface area (TPSA) is 90.9 Å². The molecule has 0 amide bonds. The van der Waals surface area contributed by atoms with Gasteiger partial charge >= 0.3 is 46.9 Å². The summed E-state index contributed by atoms with van der Waals surface area (Å²) in [6.07, 6.45) is 2.56. The first-order chi connectivity index (χ1) is 25.2. The SMILES string of the molecule is C1CCOC1.CC(C)c1cccc(C(C)C)c1[O-].COCCN(Cc1cc(C(C)(C)C)cc(C(C)(C)C)c1[O-])Cc1cc(C(C)(C)C)cc(C(C)(C)C)c1[O-].[Yb+3]. The van der Waals surface area contributed by atoms with Gasteiger partial charge in [0.2, 0.25) is 0 Å². The molecule has 1 aliphatic rings. The molecule has 4 rings (SSSR count). The van der Waals surface area contributed by atoms with Crippen LogP contribution in [0.1, 0.15) is 180 Å². The molecule has 3 aromatic carbocycles. The zero-order valence-corrected chi connectivity index (χ0v) is 39.8. The van der Waals surface area contributed by atoms with Crippen molar-refractivity contribution in [3.63, 3.8) is 0 Å². The molecule has 1 radical (unpaired) electrons. The Hall–Kier alpha value is -1.54. The Morgan fingerprint density at radius 3 is 1.25 bits per heavy atom. The number of para-hydroxylation sites is 1. The maximum absolute atomic E-state index is 13.7. The molecule has 0 saturated carbocycles. The van der Waals surface area contributed by atoms with Crippen LogP contribution in [0, 0.1) is 46.9 Å². The van der Waals surface area contributed by atoms with Crippen LogP contribution in [0.15, 0.2) is 42.5 Å². The molecule has 321 valence electrons. The summed E-state index contributed by atoms with van der Waals surface area (Å²) in [5.41, 5.74) is 6.78. The van der Waals surface area contributed by atoms with Crippen LogP contribution >= 0.6 is 0 Å². The summed E-state index contributed by atoms with van der Waals surface area (Å²) in [6.45, 7) is 38.0. The molecular formula is C49H76NO5Yb. The molecule has 1 heterocycles.